The number of carboxylic acid groups (broad SMARTS) is 1. The van der Waals surface area contributed by atoms with Gasteiger partial charge in [-0.1, -0.05) is 29.8 Å². The Bertz CT molecular complexity index is 1040. The Labute approximate surface area is 161 Å². The summed E-state index contributed by atoms with van der Waals surface area (Å²) in [6.45, 7) is 1.96. The van der Waals surface area contributed by atoms with Crippen molar-refractivity contribution in [2.45, 2.75) is 6.92 Å². The molecule has 140 valence electrons. The summed E-state index contributed by atoms with van der Waals surface area (Å²) in [5, 5.41) is 14.5. The minimum absolute atomic E-state index is 0.0267. The van der Waals surface area contributed by atoms with Crippen LogP contribution < -0.4 is 10.6 Å². The molecule has 3 rings (SSSR count). The Hall–Kier alpha value is -3.93. The molecule has 0 fully saturated rings. The molecule has 0 bridgehead atoms. The monoisotopic (exact) mass is 374 g/mol. The minimum Gasteiger partial charge on any atom is -0.478 e. The first-order chi connectivity index (χ1) is 13.4. The van der Waals surface area contributed by atoms with Gasteiger partial charge in [-0.05, 0) is 55.5 Å². The van der Waals surface area contributed by atoms with Crippen molar-refractivity contribution in [3.05, 3.63) is 95.1 Å². The van der Waals surface area contributed by atoms with Crippen LogP contribution in [0.4, 0.5) is 11.4 Å². The van der Waals surface area contributed by atoms with Crippen molar-refractivity contribution in [1.29, 1.82) is 0 Å². The van der Waals surface area contributed by atoms with Crippen LogP contribution in [0.15, 0.2) is 72.8 Å². The Balaban J connectivity index is 1.73. The fraction of sp³-hybridized carbons (Fsp3) is 0.0455. The zero-order valence-corrected chi connectivity index (χ0v) is 15.1. The topological polar surface area (TPSA) is 95.5 Å². The predicted octanol–water partition coefficient (Wildman–Crippen LogP) is 4.20. The van der Waals surface area contributed by atoms with E-state index in [1.54, 1.807) is 24.3 Å². The quantitative estimate of drug-likeness (QED) is 0.624. The maximum absolute atomic E-state index is 12.4. The highest BCUT2D eigenvalue weighted by Crippen LogP contribution is 2.16. The molecule has 0 spiro atoms. The molecule has 0 aliphatic heterocycles. The van der Waals surface area contributed by atoms with Crippen LogP contribution in [-0.2, 0) is 0 Å². The average molecular weight is 374 g/mol. The molecule has 0 aliphatic carbocycles. The number of carboxylic acids is 1. The molecule has 0 atom stereocenters. The molecular formula is C22H18N2O4. The van der Waals surface area contributed by atoms with Crippen LogP contribution in [-0.4, -0.2) is 22.9 Å². The van der Waals surface area contributed by atoms with E-state index in [9.17, 15) is 14.4 Å². The summed E-state index contributed by atoms with van der Waals surface area (Å²) in [4.78, 5) is 35.9. The van der Waals surface area contributed by atoms with Crippen LogP contribution >= 0.6 is 0 Å². The predicted molar refractivity (Wildman–Crippen MR) is 107 cm³/mol. The summed E-state index contributed by atoms with van der Waals surface area (Å²) < 4.78 is 0. The van der Waals surface area contributed by atoms with Crippen LogP contribution in [0.3, 0.4) is 0 Å². The summed E-state index contributed by atoms with van der Waals surface area (Å²) in [7, 11) is 0. The number of anilines is 2. The lowest BCUT2D eigenvalue weighted by Gasteiger charge is -2.09. The average Bonchev–Trinajstić information content (AvgIpc) is 2.70. The number of hydrogen-bond donors (Lipinski definition) is 3. The lowest BCUT2D eigenvalue weighted by Crippen LogP contribution is -2.15. The molecule has 2 amide bonds. The van der Waals surface area contributed by atoms with Gasteiger partial charge in [-0.15, -0.1) is 0 Å². The van der Waals surface area contributed by atoms with Crippen LogP contribution in [0.2, 0.25) is 0 Å². The van der Waals surface area contributed by atoms with Gasteiger partial charge in [-0.25, -0.2) is 4.79 Å². The number of rotatable bonds is 5. The van der Waals surface area contributed by atoms with Gasteiger partial charge in [0.2, 0.25) is 0 Å². The molecular weight excluding hydrogens is 356 g/mol. The van der Waals surface area contributed by atoms with E-state index >= 15 is 0 Å². The lowest BCUT2D eigenvalue weighted by atomic mass is 10.1. The molecule has 6 heteroatoms. The second-order valence-electron chi connectivity index (χ2n) is 6.24. The fourth-order valence-corrected chi connectivity index (χ4v) is 2.58. The van der Waals surface area contributed by atoms with E-state index in [0.29, 0.717) is 16.9 Å². The third-order valence-corrected chi connectivity index (χ3v) is 4.06. The van der Waals surface area contributed by atoms with E-state index in [-0.39, 0.29) is 17.0 Å². The number of benzene rings is 3. The summed E-state index contributed by atoms with van der Waals surface area (Å²) in [6, 6.07) is 19.7. The zero-order valence-electron chi connectivity index (χ0n) is 15.1. The van der Waals surface area contributed by atoms with E-state index < -0.39 is 11.9 Å². The third kappa shape index (κ3) is 4.62. The van der Waals surface area contributed by atoms with Gasteiger partial charge in [0.05, 0.1) is 5.56 Å². The Morgan fingerprint density at radius 1 is 0.679 bits per heavy atom. The van der Waals surface area contributed by atoms with Gasteiger partial charge < -0.3 is 15.7 Å². The smallest absolute Gasteiger partial charge is 0.335 e. The van der Waals surface area contributed by atoms with E-state index in [4.69, 9.17) is 5.11 Å². The van der Waals surface area contributed by atoms with E-state index in [1.807, 2.05) is 31.2 Å². The van der Waals surface area contributed by atoms with Crippen molar-refractivity contribution < 1.29 is 19.5 Å². The van der Waals surface area contributed by atoms with Gasteiger partial charge in [0.25, 0.3) is 11.8 Å². The van der Waals surface area contributed by atoms with Crippen LogP contribution in [0.25, 0.3) is 0 Å². The third-order valence-electron chi connectivity index (χ3n) is 4.06. The molecule has 0 aromatic heterocycles. The van der Waals surface area contributed by atoms with Crippen molar-refractivity contribution in [3.8, 4) is 0 Å². The van der Waals surface area contributed by atoms with Gasteiger partial charge in [-0.2, -0.15) is 0 Å². The number of aromatic carboxylic acids is 1. The van der Waals surface area contributed by atoms with Crippen molar-refractivity contribution in [1.82, 2.24) is 0 Å². The number of carbonyl (C=O) groups is 3. The molecule has 6 nitrogen and oxygen atoms in total. The van der Waals surface area contributed by atoms with Crippen LogP contribution in [0.5, 0.6) is 0 Å². The minimum atomic E-state index is -1.11. The molecule has 3 aromatic carbocycles. The van der Waals surface area contributed by atoms with E-state index in [1.165, 1.54) is 24.3 Å². The first-order valence-corrected chi connectivity index (χ1v) is 8.55. The molecule has 0 unspecified atom stereocenters. The number of hydrogen-bond acceptors (Lipinski definition) is 3. The Morgan fingerprint density at radius 3 is 1.86 bits per heavy atom. The highest BCUT2D eigenvalue weighted by atomic mass is 16.4. The summed E-state index contributed by atoms with van der Waals surface area (Å²) in [6.07, 6.45) is 0. The van der Waals surface area contributed by atoms with E-state index in [2.05, 4.69) is 10.6 Å². The summed E-state index contributed by atoms with van der Waals surface area (Å²) in [5.41, 5.74) is 2.83. The van der Waals surface area contributed by atoms with Gasteiger partial charge in [0.1, 0.15) is 0 Å². The Kier molecular flexibility index (Phi) is 5.50. The number of amides is 2. The second-order valence-corrected chi connectivity index (χ2v) is 6.24. The second kappa shape index (κ2) is 8.18. The highest BCUT2D eigenvalue weighted by Gasteiger charge is 2.12. The highest BCUT2D eigenvalue weighted by molar-refractivity contribution is 6.08. The van der Waals surface area contributed by atoms with Gasteiger partial charge in [0.15, 0.2) is 0 Å². The molecule has 0 heterocycles. The molecule has 3 aromatic rings. The number of aryl methyl sites for hydroxylation is 1. The molecule has 3 N–H and O–H groups in total. The summed E-state index contributed by atoms with van der Waals surface area (Å²) >= 11 is 0. The first-order valence-electron chi connectivity index (χ1n) is 8.55. The van der Waals surface area contributed by atoms with Crippen LogP contribution in [0, 0.1) is 6.92 Å². The van der Waals surface area contributed by atoms with Crippen molar-refractivity contribution in [2.24, 2.45) is 0 Å². The standard InChI is InChI=1S/C22H18N2O4/c1-14-8-10-18(11-9-14)23-21(26)16-5-3-7-19(13-16)24-20(25)15-4-2-6-17(12-15)22(27)28/h2-13H,1H3,(H,23,26)(H,24,25)(H,27,28). The normalized spacial score (nSPS) is 10.2. The largest absolute Gasteiger partial charge is 0.478 e. The van der Waals surface area contributed by atoms with Crippen LogP contribution in [0.1, 0.15) is 36.6 Å². The maximum Gasteiger partial charge on any atom is 0.335 e. The zero-order chi connectivity index (χ0) is 20.1. The van der Waals surface area contributed by atoms with Crippen molar-refractivity contribution >= 4 is 29.2 Å². The molecule has 28 heavy (non-hydrogen) atoms. The first kappa shape index (κ1) is 18.8. The molecule has 0 saturated heterocycles. The van der Waals surface area contributed by atoms with Gasteiger partial charge >= 0.3 is 5.97 Å². The molecule has 0 radical (unpaired) electrons. The van der Waals surface area contributed by atoms with E-state index in [0.717, 1.165) is 5.56 Å². The lowest BCUT2D eigenvalue weighted by molar-refractivity contribution is 0.0696. The molecule has 0 aliphatic rings. The maximum atomic E-state index is 12.4. The van der Waals surface area contributed by atoms with Gasteiger partial charge in [-0.3, -0.25) is 9.59 Å². The number of nitrogens with one attached hydrogen (secondary N) is 2. The van der Waals surface area contributed by atoms with Gasteiger partial charge in [0, 0.05) is 22.5 Å². The summed E-state index contributed by atoms with van der Waals surface area (Å²) in [5.74, 6) is -1.86. The molecule has 0 saturated carbocycles. The van der Waals surface area contributed by atoms with Crippen molar-refractivity contribution in [2.75, 3.05) is 10.6 Å². The van der Waals surface area contributed by atoms with Crippen molar-refractivity contribution in [3.63, 3.8) is 0 Å². The SMILES string of the molecule is Cc1ccc(NC(=O)c2cccc(NC(=O)c3cccc(C(=O)O)c3)c2)cc1. The Morgan fingerprint density at radius 2 is 1.21 bits per heavy atom. The number of carbonyl (C=O) groups excluding carboxylic acids is 2. The fourth-order valence-electron chi connectivity index (χ4n) is 2.58.